The maximum Gasteiger partial charge on any atom is 0.241 e. The molecule has 2 aliphatic heterocycles. The molecule has 1 amide bonds. The van der Waals surface area contributed by atoms with Crippen LogP contribution in [-0.4, -0.2) is 39.7 Å². The smallest absolute Gasteiger partial charge is 0.241 e. The largest absolute Gasteiger partial charge is 0.325 e. The monoisotopic (exact) mass is 423 g/mol. The van der Waals surface area contributed by atoms with Gasteiger partial charge in [-0.15, -0.1) is 0 Å². The molecule has 5 rings (SSSR count). The highest BCUT2D eigenvalue weighted by molar-refractivity contribution is 5.96. The predicted molar refractivity (Wildman–Crippen MR) is 119 cm³/mol. The lowest BCUT2D eigenvalue weighted by Gasteiger charge is -2.27. The Kier molecular flexibility index (Phi) is 5.15. The number of carbonyl (C=O) groups excluding carboxylic acids is 1. The highest BCUT2D eigenvalue weighted by Gasteiger charge is 2.33. The fourth-order valence-corrected chi connectivity index (χ4v) is 5.03. The first-order valence-electron chi connectivity index (χ1n) is 11.0. The summed E-state index contributed by atoms with van der Waals surface area (Å²) in [4.78, 5) is 12.9. The van der Waals surface area contributed by atoms with Gasteiger partial charge in [0, 0.05) is 31.1 Å². The number of hydroxylamine groups is 1. The molecule has 2 aromatic rings. The van der Waals surface area contributed by atoms with E-state index in [1.807, 2.05) is 36.6 Å². The number of rotatable bonds is 4. The minimum atomic E-state index is -0.513. The van der Waals surface area contributed by atoms with Gasteiger partial charge in [-0.3, -0.25) is 24.8 Å². The normalized spacial score (nSPS) is 21.7. The molecule has 1 aromatic carbocycles. The molecule has 3 aliphatic rings. The lowest BCUT2D eigenvalue weighted by atomic mass is 9.84. The average molecular weight is 424 g/mol. The Labute approximate surface area is 181 Å². The van der Waals surface area contributed by atoms with Gasteiger partial charge in [0.1, 0.15) is 0 Å². The van der Waals surface area contributed by atoms with Gasteiger partial charge in [0.25, 0.3) is 0 Å². The van der Waals surface area contributed by atoms with E-state index in [2.05, 4.69) is 15.5 Å². The standard InChI is InChI=1S/C22H29N7O2/c1-27-13-18(10-24-27)28-11-15-7-17(8-19-20(15)16(9-25-28)12-29(19)31)26-22(30)21(23)14-5-3-2-4-6-14/h7-10,13-14,16,21,31H,2-6,11-12,23H2,1H3,(H,26,30). The van der Waals surface area contributed by atoms with Crippen LogP contribution in [0.3, 0.4) is 0 Å². The van der Waals surface area contributed by atoms with Crippen molar-refractivity contribution in [3.63, 3.8) is 0 Å². The van der Waals surface area contributed by atoms with Gasteiger partial charge < -0.3 is 11.1 Å². The van der Waals surface area contributed by atoms with Gasteiger partial charge in [-0.25, -0.2) is 0 Å². The summed E-state index contributed by atoms with van der Waals surface area (Å²) in [6.07, 6.45) is 11.1. The third-order valence-corrected chi connectivity index (χ3v) is 6.69. The molecule has 31 heavy (non-hydrogen) atoms. The van der Waals surface area contributed by atoms with Crippen LogP contribution >= 0.6 is 0 Å². The highest BCUT2D eigenvalue weighted by atomic mass is 16.5. The van der Waals surface area contributed by atoms with E-state index >= 15 is 0 Å². The number of hydrogen-bond donors (Lipinski definition) is 3. The lowest BCUT2D eigenvalue weighted by molar-refractivity contribution is -0.118. The Morgan fingerprint density at radius 3 is 2.84 bits per heavy atom. The molecule has 3 heterocycles. The van der Waals surface area contributed by atoms with E-state index in [9.17, 15) is 10.0 Å². The van der Waals surface area contributed by atoms with Crippen LogP contribution in [-0.2, 0) is 18.4 Å². The molecule has 1 aliphatic carbocycles. The fraction of sp³-hybridized carbons (Fsp3) is 0.500. The third kappa shape index (κ3) is 3.79. The molecule has 2 atom stereocenters. The van der Waals surface area contributed by atoms with E-state index in [0.29, 0.717) is 24.5 Å². The highest BCUT2D eigenvalue weighted by Crippen LogP contribution is 2.41. The Hall–Kier alpha value is -2.91. The predicted octanol–water partition coefficient (Wildman–Crippen LogP) is 2.56. The molecular weight excluding hydrogens is 394 g/mol. The Morgan fingerprint density at radius 2 is 2.10 bits per heavy atom. The van der Waals surface area contributed by atoms with Crippen LogP contribution in [0.4, 0.5) is 17.1 Å². The van der Waals surface area contributed by atoms with Crippen molar-refractivity contribution in [2.75, 3.05) is 21.9 Å². The molecule has 1 fully saturated rings. The average Bonchev–Trinajstić information content (AvgIpc) is 3.28. The zero-order chi connectivity index (χ0) is 21.5. The summed E-state index contributed by atoms with van der Waals surface area (Å²) in [5, 5.41) is 25.5. The first-order chi connectivity index (χ1) is 15.0. The van der Waals surface area contributed by atoms with Gasteiger partial charge in [0.2, 0.25) is 5.91 Å². The number of nitrogens with two attached hydrogens (primary N) is 1. The Morgan fingerprint density at radius 1 is 1.29 bits per heavy atom. The molecule has 164 valence electrons. The van der Waals surface area contributed by atoms with Gasteiger partial charge in [0.05, 0.1) is 36.7 Å². The van der Waals surface area contributed by atoms with Gasteiger partial charge in [0.15, 0.2) is 0 Å². The number of aromatic nitrogens is 2. The van der Waals surface area contributed by atoms with Crippen molar-refractivity contribution in [3.05, 3.63) is 35.7 Å². The van der Waals surface area contributed by atoms with E-state index in [1.54, 1.807) is 10.9 Å². The molecule has 1 aromatic heterocycles. The number of nitrogens with one attached hydrogen (secondary N) is 1. The van der Waals surface area contributed by atoms with E-state index < -0.39 is 6.04 Å². The maximum absolute atomic E-state index is 12.9. The first-order valence-corrected chi connectivity index (χ1v) is 11.0. The summed E-state index contributed by atoms with van der Waals surface area (Å²) in [7, 11) is 1.87. The Balaban J connectivity index is 1.42. The molecule has 0 radical (unpaired) electrons. The minimum absolute atomic E-state index is 0.00841. The summed E-state index contributed by atoms with van der Waals surface area (Å²) in [5.74, 6) is 0.0657. The quantitative estimate of drug-likeness (QED) is 0.697. The first kappa shape index (κ1) is 20.0. The van der Waals surface area contributed by atoms with Crippen molar-refractivity contribution in [3.8, 4) is 0 Å². The number of benzene rings is 1. The van der Waals surface area contributed by atoms with Gasteiger partial charge in [-0.2, -0.15) is 10.2 Å². The second-order valence-electron chi connectivity index (χ2n) is 8.86. The van der Waals surface area contributed by atoms with Crippen molar-refractivity contribution in [2.45, 2.75) is 50.6 Å². The number of carbonyl (C=O) groups is 1. The lowest BCUT2D eigenvalue weighted by Crippen LogP contribution is -2.42. The van der Waals surface area contributed by atoms with Crippen LogP contribution in [0.5, 0.6) is 0 Å². The van der Waals surface area contributed by atoms with Gasteiger partial charge in [-0.05, 0) is 42.0 Å². The second-order valence-corrected chi connectivity index (χ2v) is 8.86. The summed E-state index contributed by atoms with van der Waals surface area (Å²) in [6.45, 7) is 0.957. The van der Waals surface area contributed by atoms with Crippen molar-refractivity contribution in [1.29, 1.82) is 0 Å². The number of amides is 1. The minimum Gasteiger partial charge on any atom is -0.325 e. The fourth-order valence-electron chi connectivity index (χ4n) is 5.03. The zero-order valence-electron chi connectivity index (χ0n) is 17.7. The van der Waals surface area contributed by atoms with E-state index in [4.69, 9.17) is 5.73 Å². The van der Waals surface area contributed by atoms with E-state index in [0.717, 1.165) is 42.5 Å². The van der Waals surface area contributed by atoms with Crippen LogP contribution in [0.2, 0.25) is 0 Å². The summed E-state index contributed by atoms with van der Waals surface area (Å²) in [6, 6.07) is 3.30. The number of hydrazone groups is 1. The summed E-state index contributed by atoms with van der Waals surface area (Å²) in [5.41, 5.74) is 10.6. The second kappa shape index (κ2) is 7.97. The third-order valence-electron chi connectivity index (χ3n) is 6.69. The molecule has 4 N–H and O–H groups in total. The van der Waals surface area contributed by atoms with Crippen molar-refractivity contribution < 1.29 is 10.0 Å². The van der Waals surface area contributed by atoms with E-state index in [-0.39, 0.29) is 17.7 Å². The number of anilines is 3. The van der Waals surface area contributed by atoms with Crippen LogP contribution in [0, 0.1) is 5.92 Å². The SMILES string of the molecule is Cn1cc(N2Cc3cc(NC(=O)C(N)C4CCCCC4)cc4c3C(C=N2)CN4O)cn1. The molecular formula is C22H29N7O2. The molecule has 0 bridgehead atoms. The number of hydrogen-bond acceptors (Lipinski definition) is 7. The molecule has 0 saturated heterocycles. The number of nitrogens with zero attached hydrogens (tertiary/aromatic N) is 5. The molecule has 9 nitrogen and oxygen atoms in total. The van der Waals surface area contributed by atoms with Gasteiger partial charge >= 0.3 is 0 Å². The summed E-state index contributed by atoms with van der Waals surface area (Å²) >= 11 is 0. The van der Waals surface area contributed by atoms with Crippen LogP contribution in [0.1, 0.15) is 49.1 Å². The summed E-state index contributed by atoms with van der Waals surface area (Å²) < 4.78 is 1.74. The maximum atomic E-state index is 12.9. The topological polar surface area (TPSA) is 112 Å². The van der Waals surface area contributed by atoms with Crippen LogP contribution in [0.15, 0.2) is 29.6 Å². The van der Waals surface area contributed by atoms with Crippen molar-refractivity contribution in [2.24, 2.45) is 23.8 Å². The van der Waals surface area contributed by atoms with Crippen LogP contribution < -0.4 is 21.1 Å². The zero-order valence-corrected chi connectivity index (χ0v) is 17.7. The molecule has 1 saturated carbocycles. The number of aryl methyl sites for hydroxylation is 1. The van der Waals surface area contributed by atoms with Crippen molar-refractivity contribution >= 4 is 29.2 Å². The molecule has 0 spiro atoms. The molecule has 2 unspecified atom stereocenters. The molecule has 9 heteroatoms. The van der Waals surface area contributed by atoms with Crippen LogP contribution in [0.25, 0.3) is 0 Å². The van der Waals surface area contributed by atoms with Crippen molar-refractivity contribution in [1.82, 2.24) is 9.78 Å². The Bertz CT molecular complexity index is 1010. The van der Waals surface area contributed by atoms with Gasteiger partial charge in [-0.1, -0.05) is 19.3 Å². The van der Waals surface area contributed by atoms with E-state index in [1.165, 1.54) is 11.5 Å².